The Morgan fingerprint density at radius 2 is 1.78 bits per heavy atom. The van der Waals surface area contributed by atoms with Crippen molar-refractivity contribution in [3.63, 3.8) is 0 Å². The molecular formula is C14H13F2NO. The van der Waals surface area contributed by atoms with Crippen molar-refractivity contribution >= 4 is 0 Å². The molecule has 2 aromatic carbocycles. The molecule has 2 aromatic rings. The van der Waals surface area contributed by atoms with E-state index in [1.54, 1.807) is 12.1 Å². The van der Waals surface area contributed by atoms with E-state index >= 15 is 0 Å². The van der Waals surface area contributed by atoms with Crippen LogP contribution in [0.5, 0.6) is 11.5 Å². The third-order valence-electron chi connectivity index (χ3n) is 2.43. The number of hydrogen-bond acceptors (Lipinski definition) is 2. The Hall–Kier alpha value is -1.94. The van der Waals surface area contributed by atoms with Gasteiger partial charge in [-0.2, -0.15) is 0 Å². The quantitative estimate of drug-likeness (QED) is 0.895. The Labute approximate surface area is 104 Å². The fraction of sp³-hybridized carbons (Fsp3) is 0.143. The van der Waals surface area contributed by atoms with Crippen molar-refractivity contribution in [2.75, 3.05) is 7.05 Å². The molecule has 0 aromatic heterocycles. The van der Waals surface area contributed by atoms with Crippen LogP contribution in [0.4, 0.5) is 8.78 Å². The first kappa shape index (κ1) is 12.5. The van der Waals surface area contributed by atoms with Crippen LogP contribution in [0, 0.1) is 11.6 Å². The van der Waals surface area contributed by atoms with Gasteiger partial charge < -0.3 is 10.1 Å². The highest BCUT2D eigenvalue weighted by Crippen LogP contribution is 2.25. The Kier molecular flexibility index (Phi) is 3.89. The van der Waals surface area contributed by atoms with Crippen molar-refractivity contribution in [3.05, 3.63) is 59.7 Å². The first-order valence-electron chi connectivity index (χ1n) is 5.55. The van der Waals surface area contributed by atoms with E-state index < -0.39 is 11.6 Å². The zero-order valence-corrected chi connectivity index (χ0v) is 9.91. The summed E-state index contributed by atoms with van der Waals surface area (Å²) in [5, 5.41) is 3.03. The lowest BCUT2D eigenvalue weighted by Gasteiger charge is -2.07. The Morgan fingerprint density at radius 1 is 1.06 bits per heavy atom. The summed E-state index contributed by atoms with van der Waals surface area (Å²) in [6.45, 7) is 0.755. The Morgan fingerprint density at radius 3 is 2.39 bits per heavy atom. The summed E-state index contributed by atoms with van der Waals surface area (Å²) < 4.78 is 31.4. The van der Waals surface area contributed by atoms with E-state index in [0.29, 0.717) is 5.75 Å². The van der Waals surface area contributed by atoms with Crippen LogP contribution in [0.3, 0.4) is 0 Å². The molecule has 0 amide bonds. The van der Waals surface area contributed by atoms with E-state index in [1.807, 2.05) is 19.2 Å². The molecular weight excluding hydrogens is 236 g/mol. The number of nitrogens with one attached hydrogen (secondary N) is 1. The molecule has 0 aliphatic heterocycles. The first-order chi connectivity index (χ1) is 8.69. The summed E-state index contributed by atoms with van der Waals surface area (Å²) in [5.41, 5.74) is 1.10. The lowest BCUT2D eigenvalue weighted by Crippen LogP contribution is -2.04. The summed E-state index contributed by atoms with van der Waals surface area (Å²) >= 11 is 0. The van der Waals surface area contributed by atoms with Crippen LogP contribution in [0.15, 0.2) is 42.5 Å². The molecule has 0 atom stereocenters. The van der Waals surface area contributed by atoms with Gasteiger partial charge in [-0.3, -0.25) is 0 Å². The van der Waals surface area contributed by atoms with Crippen LogP contribution in [-0.2, 0) is 6.54 Å². The van der Waals surface area contributed by atoms with Gasteiger partial charge in [-0.05, 0) is 36.9 Å². The molecule has 18 heavy (non-hydrogen) atoms. The average molecular weight is 249 g/mol. The third kappa shape index (κ3) is 3.05. The van der Waals surface area contributed by atoms with Crippen molar-refractivity contribution in [2.45, 2.75) is 6.54 Å². The molecule has 94 valence electrons. The van der Waals surface area contributed by atoms with E-state index in [4.69, 9.17) is 4.74 Å². The van der Waals surface area contributed by atoms with E-state index in [1.165, 1.54) is 6.07 Å². The number of halogens is 2. The van der Waals surface area contributed by atoms with Crippen LogP contribution in [0.1, 0.15) is 5.56 Å². The van der Waals surface area contributed by atoms with Gasteiger partial charge in [0.25, 0.3) is 0 Å². The second kappa shape index (κ2) is 5.60. The van der Waals surface area contributed by atoms with Crippen LogP contribution in [0.2, 0.25) is 0 Å². The van der Waals surface area contributed by atoms with Crippen LogP contribution in [0.25, 0.3) is 0 Å². The molecule has 0 saturated carbocycles. The zero-order valence-electron chi connectivity index (χ0n) is 9.91. The van der Waals surface area contributed by atoms with E-state index in [-0.39, 0.29) is 5.75 Å². The van der Waals surface area contributed by atoms with E-state index in [9.17, 15) is 8.78 Å². The van der Waals surface area contributed by atoms with Gasteiger partial charge in [-0.1, -0.05) is 12.1 Å². The second-order valence-electron chi connectivity index (χ2n) is 3.85. The van der Waals surface area contributed by atoms with Crippen molar-refractivity contribution < 1.29 is 13.5 Å². The molecule has 0 aliphatic carbocycles. The molecule has 0 unspecified atom stereocenters. The van der Waals surface area contributed by atoms with Gasteiger partial charge >= 0.3 is 0 Å². The monoisotopic (exact) mass is 249 g/mol. The number of benzene rings is 2. The lowest BCUT2D eigenvalue weighted by atomic mass is 10.2. The highest BCUT2D eigenvalue weighted by Gasteiger charge is 2.05. The largest absolute Gasteiger partial charge is 0.454 e. The summed E-state index contributed by atoms with van der Waals surface area (Å²) in [6.07, 6.45) is 0. The Balaban J connectivity index is 2.13. The standard InChI is InChI=1S/C14H13F2NO/c1-17-9-10-2-5-12(6-3-10)18-14-7-4-11(15)8-13(14)16/h2-8,17H,9H2,1H3. The van der Waals surface area contributed by atoms with Crippen molar-refractivity contribution in [3.8, 4) is 11.5 Å². The summed E-state index contributed by atoms with van der Waals surface area (Å²) in [7, 11) is 1.86. The van der Waals surface area contributed by atoms with Gasteiger partial charge in [-0.15, -0.1) is 0 Å². The lowest BCUT2D eigenvalue weighted by molar-refractivity contribution is 0.437. The highest BCUT2D eigenvalue weighted by atomic mass is 19.1. The fourth-order valence-corrected chi connectivity index (χ4v) is 1.56. The fourth-order valence-electron chi connectivity index (χ4n) is 1.56. The van der Waals surface area contributed by atoms with Gasteiger partial charge in [0.05, 0.1) is 0 Å². The summed E-state index contributed by atoms with van der Waals surface area (Å²) in [6, 6.07) is 10.5. The third-order valence-corrected chi connectivity index (χ3v) is 2.43. The topological polar surface area (TPSA) is 21.3 Å². The van der Waals surface area contributed by atoms with Crippen LogP contribution >= 0.6 is 0 Å². The first-order valence-corrected chi connectivity index (χ1v) is 5.55. The number of rotatable bonds is 4. The van der Waals surface area contributed by atoms with Crippen molar-refractivity contribution in [1.82, 2.24) is 5.32 Å². The normalized spacial score (nSPS) is 10.4. The van der Waals surface area contributed by atoms with Gasteiger partial charge in [0.1, 0.15) is 11.6 Å². The highest BCUT2D eigenvalue weighted by molar-refractivity contribution is 5.34. The van der Waals surface area contributed by atoms with Crippen molar-refractivity contribution in [1.29, 1.82) is 0 Å². The molecule has 0 fully saturated rings. The minimum absolute atomic E-state index is 0.0118. The maximum absolute atomic E-state index is 13.4. The van der Waals surface area contributed by atoms with Crippen molar-refractivity contribution in [2.24, 2.45) is 0 Å². The summed E-state index contributed by atoms with van der Waals surface area (Å²) in [5.74, 6) is -0.809. The second-order valence-corrected chi connectivity index (χ2v) is 3.85. The molecule has 0 heterocycles. The molecule has 0 spiro atoms. The molecule has 0 aliphatic rings. The summed E-state index contributed by atoms with van der Waals surface area (Å²) in [4.78, 5) is 0. The average Bonchev–Trinajstić information content (AvgIpc) is 2.35. The molecule has 2 rings (SSSR count). The van der Waals surface area contributed by atoms with E-state index in [2.05, 4.69) is 5.32 Å². The molecule has 0 radical (unpaired) electrons. The maximum atomic E-state index is 13.4. The molecule has 1 N–H and O–H groups in total. The van der Waals surface area contributed by atoms with Gasteiger partial charge in [0.15, 0.2) is 11.6 Å². The Bertz CT molecular complexity index is 526. The van der Waals surface area contributed by atoms with Gasteiger partial charge in [0, 0.05) is 12.6 Å². The zero-order chi connectivity index (χ0) is 13.0. The molecule has 0 bridgehead atoms. The minimum atomic E-state index is -0.714. The van der Waals surface area contributed by atoms with E-state index in [0.717, 1.165) is 24.2 Å². The van der Waals surface area contributed by atoms with Gasteiger partial charge in [-0.25, -0.2) is 8.78 Å². The predicted octanol–water partition coefficient (Wildman–Crippen LogP) is 3.48. The minimum Gasteiger partial charge on any atom is -0.454 e. The number of hydrogen-bond donors (Lipinski definition) is 1. The molecule has 0 saturated heterocycles. The maximum Gasteiger partial charge on any atom is 0.168 e. The molecule has 4 heteroatoms. The van der Waals surface area contributed by atoms with Crippen LogP contribution < -0.4 is 10.1 Å². The number of ether oxygens (including phenoxy) is 1. The van der Waals surface area contributed by atoms with Crippen LogP contribution in [-0.4, -0.2) is 7.05 Å². The SMILES string of the molecule is CNCc1ccc(Oc2ccc(F)cc2F)cc1. The predicted molar refractivity (Wildman–Crippen MR) is 65.6 cm³/mol. The molecule has 2 nitrogen and oxygen atoms in total. The smallest absolute Gasteiger partial charge is 0.168 e. The van der Waals surface area contributed by atoms with Gasteiger partial charge in [0.2, 0.25) is 0 Å².